The summed E-state index contributed by atoms with van der Waals surface area (Å²) in [6.45, 7) is 1.70. The van der Waals surface area contributed by atoms with Crippen molar-refractivity contribution in [3.63, 3.8) is 0 Å². The van der Waals surface area contributed by atoms with E-state index in [0.29, 0.717) is 0 Å². The lowest BCUT2D eigenvalue weighted by Crippen LogP contribution is -2.31. The zero-order valence-electron chi connectivity index (χ0n) is 10.6. The Morgan fingerprint density at radius 3 is 2.79 bits per heavy atom. The summed E-state index contributed by atoms with van der Waals surface area (Å²) in [6, 6.07) is 16.1. The quantitative estimate of drug-likeness (QED) is 0.791. The van der Waals surface area contributed by atoms with Crippen LogP contribution >= 0.6 is 0 Å². The molecule has 0 saturated heterocycles. The zero-order chi connectivity index (χ0) is 13.2. The van der Waals surface area contributed by atoms with Gasteiger partial charge in [-0.3, -0.25) is 0 Å². The van der Waals surface area contributed by atoms with Crippen molar-refractivity contribution in [2.45, 2.75) is 13.0 Å². The highest BCUT2D eigenvalue weighted by Crippen LogP contribution is 2.29. The second kappa shape index (κ2) is 4.66. The van der Waals surface area contributed by atoms with Crippen LogP contribution in [-0.2, 0) is 13.0 Å². The molecule has 2 N–H and O–H groups in total. The van der Waals surface area contributed by atoms with Crippen LogP contribution in [0.2, 0.25) is 0 Å². The average Bonchev–Trinajstić information content (AvgIpc) is 2.47. The third-order valence-electron chi connectivity index (χ3n) is 3.67. The topological polar surface area (TPSA) is 53.0 Å². The predicted octanol–water partition coefficient (Wildman–Crippen LogP) is 2.70. The molecule has 94 valence electrons. The Kier molecular flexibility index (Phi) is 2.85. The number of nitrogens with zero attached hydrogens (tertiary/aromatic N) is 2. The summed E-state index contributed by atoms with van der Waals surface area (Å²) in [5, 5.41) is 9.20. The summed E-state index contributed by atoms with van der Waals surface area (Å²) >= 11 is 0. The molecular weight excluding hydrogens is 234 g/mol. The molecule has 0 bridgehead atoms. The van der Waals surface area contributed by atoms with Crippen molar-refractivity contribution in [2.24, 2.45) is 0 Å². The Bertz CT molecular complexity index is 655. The fourth-order valence-corrected chi connectivity index (χ4v) is 2.66. The standard InChI is InChI=1S/C16H15N3/c17-10-13-4-1-2-7-16(13)19-9-8-12-5-3-6-15(18)14(12)11-19/h1-7H,8-9,11,18H2. The van der Waals surface area contributed by atoms with Gasteiger partial charge in [-0.15, -0.1) is 0 Å². The van der Waals surface area contributed by atoms with Gasteiger partial charge in [0.25, 0.3) is 0 Å². The van der Waals surface area contributed by atoms with E-state index in [1.54, 1.807) is 0 Å². The van der Waals surface area contributed by atoms with Gasteiger partial charge in [-0.2, -0.15) is 5.26 Å². The molecule has 3 rings (SSSR count). The number of hydrogen-bond donors (Lipinski definition) is 1. The van der Waals surface area contributed by atoms with E-state index in [-0.39, 0.29) is 0 Å². The van der Waals surface area contributed by atoms with Crippen molar-refractivity contribution in [1.82, 2.24) is 0 Å². The SMILES string of the molecule is N#Cc1ccccc1N1CCc2cccc(N)c2C1. The molecule has 1 heterocycles. The van der Waals surface area contributed by atoms with Gasteiger partial charge in [0.05, 0.1) is 11.3 Å². The number of rotatable bonds is 1. The third kappa shape index (κ3) is 2.02. The summed E-state index contributed by atoms with van der Waals surface area (Å²) in [5.41, 5.74) is 11.1. The van der Waals surface area contributed by atoms with Crippen molar-refractivity contribution in [1.29, 1.82) is 5.26 Å². The van der Waals surface area contributed by atoms with E-state index in [0.717, 1.165) is 36.4 Å². The Morgan fingerprint density at radius 1 is 1.11 bits per heavy atom. The van der Waals surface area contributed by atoms with E-state index >= 15 is 0 Å². The maximum Gasteiger partial charge on any atom is 0.101 e. The van der Waals surface area contributed by atoms with Crippen LogP contribution in [0.5, 0.6) is 0 Å². The van der Waals surface area contributed by atoms with Crippen LogP contribution in [0, 0.1) is 11.3 Å². The second-order valence-corrected chi connectivity index (χ2v) is 4.79. The van der Waals surface area contributed by atoms with Crippen molar-refractivity contribution in [3.8, 4) is 6.07 Å². The van der Waals surface area contributed by atoms with Crippen LogP contribution in [-0.4, -0.2) is 6.54 Å². The lowest BCUT2D eigenvalue weighted by atomic mass is 9.97. The monoisotopic (exact) mass is 249 g/mol. The van der Waals surface area contributed by atoms with Gasteiger partial charge < -0.3 is 10.6 Å². The first-order valence-electron chi connectivity index (χ1n) is 6.40. The van der Waals surface area contributed by atoms with Crippen LogP contribution in [0.25, 0.3) is 0 Å². The highest BCUT2D eigenvalue weighted by molar-refractivity contribution is 5.62. The van der Waals surface area contributed by atoms with E-state index in [1.807, 2.05) is 36.4 Å². The molecule has 0 spiro atoms. The molecule has 0 amide bonds. The molecule has 3 heteroatoms. The summed E-state index contributed by atoms with van der Waals surface area (Å²) in [4.78, 5) is 2.23. The van der Waals surface area contributed by atoms with Gasteiger partial charge in [0.1, 0.15) is 6.07 Å². The van der Waals surface area contributed by atoms with Crippen LogP contribution in [0.1, 0.15) is 16.7 Å². The fourth-order valence-electron chi connectivity index (χ4n) is 2.66. The van der Waals surface area contributed by atoms with Crippen molar-refractivity contribution >= 4 is 11.4 Å². The number of benzene rings is 2. The van der Waals surface area contributed by atoms with E-state index < -0.39 is 0 Å². The van der Waals surface area contributed by atoms with Gasteiger partial charge in [-0.25, -0.2) is 0 Å². The van der Waals surface area contributed by atoms with Crippen LogP contribution in [0.4, 0.5) is 11.4 Å². The molecule has 0 unspecified atom stereocenters. The molecule has 0 atom stereocenters. The molecule has 0 fully saturated rings. The number of nitrogens with two attached hydrogens (primary N) is 1. The molecule has 2 aromatic rings. The number of anilines is 2. The Labute approximate surface area is 112 Å². The first kappa shape index (κ1) is 11.6. The molecule has 0 aromatic heterocycles. The van der Waals surface area contributed by atoms with Crippen LogP contribution < -0.4 is 10.6 Å². The number of para-hydroxylation sites is 1. The molecule has 1 aliphatic rings. The summed E-state index contributed by atoms with van der Waals surface area (Å²) in [5.74, 6) is 0. The molecule has 0 aliphatic carbocycles. The molecule has 19 heavy (non-hydrogen) atoms. The maximum absolute atomic E-state index is 9.20. The smallest absolute Gasteiger partial charge is 0.101 e. The van der Waals surface area contributed by atoms with Gasteiger partial charge in [-0.05, 0) is 35.7 Å². The van der Waals surface area contributed by atoms with Gasteiger partial charge in [0, 0.05) is 18.8 Å². The first-order chi connectivity index (χ1) is 9.29. The molecule has 2 aromatic carbocycles. The lowest BCUT2D eigenvalue weighted by molar-refractivity contribution is 0.733. The molecule has 0 saturated carbocycles. The molecule has 1 aliphatic heterocycles. The van der Waals surface area contributed by atoms with Gasteiger partial charge in [-0.1, -0.05) is 24.3 Å². The zero-order valence-corrected chi connectivity index (χ0v) is 10.6. The maximum atomic E-state index is 9.20. The number of fused-ring (bicyclic) bond motifs is 1. The predicted molar refractivity (Wildman–Crippen MR) is 76.8 cm³/mol. The minimum Gasteiger partial charge on any atom is -0.398 e. The number of hydrogen-bond acceptors (Lipinski definition) is 3. The van der Waals surface area contributed by atoms with E-state index in [9.17, 15) is 5.26 Å². The summed E-state index contributed by atoms with van der Waals surface area (Å²) in [7, 11) is 0. The van der Waals surface area contributed by atoms with Gasteiger partial charge >= 0.3 is 0 Å². The minimum absolute atomic E-state index is 0.723. The van der Waals surface area contributed by atoms with Crippen molar-refractivity contribution < 1.29 is 0 Å². The first-order valence-corrected chi connectivity index (χ1v) is 6.40. The average molecular weight is 249 g/mol. The normalized spacial score (nSPS) is 13.7. The Balaban J connectivity index is 1.98. The van der Waals surface area contributed by atoms with Crippen LogP contribution in [0.15, 0.2) is 42.5 Å². The van der Waals surface area contributed by atoms with E-state index in [4.69, 9.17) is 5.73 Å². The van der Waals surface area contributed by atoms with Crippen molar-refractivity contribution in [3.05, 3.63) is 59.2 Å². The lowest BCUT2D eigenvalue weighted by Gasteiger charge is -2.32. The number of nitriles is 1. The Morgan fingerprint density at radius 2 is 1.95 bits per heavy atom. The van der Waals surface area contributed by atoms with E-state index in [1.165, 1.54) is 11.1 Å². The highest BCUT2D eigenvalue weighted by atomic mass is 15.1. The third-order valence-corrected chi connectivity index (χ3v) is 3.67. The molecule has 0 radical (unpaired) electrons. The largest absolute Gasteiger partial charge is 0.398 e. The number of nitrogen functional groups attached to an aromatic ring is 1. The van der Waals surface area contributed by atoms with Gasteiger partial charge in [0.2, 0.25) is 0 Å². The fraction of sp³-hybridized carbons (Fsp3) is 0.188. The minimum atomic E-state index is 0.723. The summed E-state index contributed by atoms with van der Waals surface area (Å²) < 4.78 is 0. The Hall–Kier alpha value is -2.47. The molecular formula is C16H15N3. The van der Waals surface area contributed by atoms with E-state index in [2.05, 4.69) is 17.0 Å². The van der Waals surface area contributed by atoms with Crippen molar-refractivity contribution in [2.75, 3.05) is 17.2 Å². The summed E-state index contributed by atoms with van der Waals surface area (Å²) in [6.07, 6.45) is 0.972. The second-order valence-electron chi connectivity index (χ2n) is 4.79. The van der Waals surface area contributed by atoms with Crippen LogP contribution in [0.3, 0.4) is 0 Å². The van der Waals surface area contributed by atoms with Gasteiger partial charge in [0.15, 0.2) is 0 Å². The highest BCUT2D eigenvalue weighted by Gasteiger charge is 2.19. The molecule has 3 nitrogen and oxygen atoms in total.